The lowest BCUT2D eigenvalue weighted by atomic mass is 9.83. The Morgan fingerprint density at radius 2 is 2.00 bits per heavy atom. The summed E-state index contributed by atoms with van der Waals surface area (Å²) < 4.78 is 0. The summed E-state index contributed by atoms with van der Waals surface area (Å²) in [6, 6.07) is -2.39. The third kappa shape index (κ3) is 5.04. The topological polar surface area (TPSA) is 201 Å². The maximum absolute atomic E-state index is 11.6. The maximum atomic E-state index is 11.6. The van der Waals surface area contributed by atoms with Crippen molar-refractivity contribution in [1.29, 1.82) is 5.41 Å². The van der Waals surface area contributed by atoms with Gasteiger partial charge in [0.2, 0.25) is 5.91 Å². The Balaban J connectivity index is 3.28. The van der Waals surface area contributed by atoms with Crippen LogP contribution in [0.25, 0.3) is 0 Å². The molecule has 0 aromatic carbocycles. The first-order chi connectivity index (χ1) is 11.6. The lowest BCUT2D eigenvalue weighted by molar-refractivity contribution is -0.142. The summed E-state index contributed by atoms with van der Waals surface area (Å²) in [5.41, 5.74) is 5.37. The van der Waals surface area contributed by atoms with Crippen LogP contribution in [0.15, 0.2) is 0 Å². The van der Waals surface area contributed by atoms with Gasteiger partial charge in [-0.1, -0.05) is 0 Å². The molecule has 0 spiro atoms. The highest BCUT2D eigenvalue weighted by molar-refractivity contribution is 6.04. The zero-order valence-corrected chi connectivity index (χ0v) is 14.1. The van der Waals surface area contributed by atoms with Gasteiger partial charge in [0.25, 0.3) is 0 Å². The number of amides is 1. The van der Waals surface area contributed by atoms with Crippen LogP contribution in [0.5, 0.6) is 0 Å². The van der Waals surface area contributed by atoms with Crippen molar-refractivity contribution in [2.75, 3.05) is 6.61 Å². The van der Waals surface area contributed by atoms with Gasteiger partial charge in [-0.15, -0.1) is 0 Å². The van der Waals surface area contributed by atoms with Crippen LogP contribution < -0.4 is 21.6 Å². The van der Waals surface area contributed by atoms with Crippen LogP contribution >= 0.6 is 0 Å². The van der Waals surface area contributed by atoms with Crippen molar-refractivity contribution in [3.05, 3.63) is 0 Å². The number of hydrogen-bond acceptors (Lipinski definition) is 7. The Hall–Kier alpha value is -1.89. The summed E-state index contributed by atoms with van der Waals surface area (Å²) in [7, 11) is 1.55. The highest BCUT2D eigenvalue weighted by Gasteiger charge is 2.51. The van der Waals surface area contributed by atoms with Gasteiger partial charge >= 0.3 is 5.97 Å². The number of carboxylic acid groups (broad SMARTS) is 1. The van der Waals surface area contributed by atoms with Crippen molar-refractivity contribution in [2.24, 2.45) is 17.6 Å². The van der Waals surface area contributed by atoms with Crippen LogP contribution in [-0.4, -0.2) is 83.2 Å². The quantitative estimate of drug-likeness (QED) is 0.116. The van der Waals surface area contributed by atoms with Gasteiger partial charge in [-0.3, -0.25) is 15.0 Å². The van der Waals surface area contributed by atoms with E-state index in [0.29, 0.717) is 0 Å². The molecule has 12 heteroatoms. The highest BCUT2D eigenvalue weighted by atomic mass is 16.4. The van der Waals surface area contributed by atoms with Gasteiger partial charge in [-0.2, -0.15) is 0 Å². The van der Waals surface area contributed by atoms with Gasteiger partial charge in [0.1, 0.15) is 12.2 Å². The molecule has 1 fully saturated rings. The standard InChI is InChI=1S/C13H26BN5O6/c1-4(21)17-10(11(23)7(22)3-20)8-6(18-13(15)16)2-5(12(24)25)9(8)19-14/h5-11,19-20,22-23H,2-3,14H2,1H3,(H,17,21)(H,24,25)(H4,15,16,18)/t5-,6+,7-,8-,9+,10-,11-/m0/s1. The first kappa shape index (κ1) is 21.2. The third-order valence-corrected chi connectivity index (χ3v) is 4.55. The van der Waals surface area contributed by atoms with Crippen molar-refractivity contribution in [3.63, 3.8) is 0 Å². The van der Waals surface area contributed by atoms with Crippen LogP contribution in [0.3, 0.4) is 0 Å². The highest BCUT2D eigenvalue weighted by Crippen LogP contribution is 2.35. The molecule has 0 saturated heterocycles. The average Bonchev–Trinajstić information content (AvgIpc) is 2.88. The molecular formula is C13H26BN5O6. The van der Waals surface area contributed by atoms with Crippen LogP contribution in [-0.2, 0) is 9.59 Å². The van der Waals surface area contributed by atoms with Gasteiger partial charge < -0.3 is 42.0 Å². The molecule has 1 aliphatic rings. The van der Waals surface area contributed by atoms with Crippen molar-refractivity contribution in [2.45, 2.75) is 43.7 Å². The SMILES string of the molecule is BN[C@H]1[C@@H]([C@H](NC(C)=O)[C@@H](O)[C@@H](O)CO)[C@H](NC(=N)N)C[C@@H]1C(=O)O. The van der Waals surface area contributed by atoms with E-state index in [1.807, 2.05) is 0 Å². The molecule has 0 unspecified atom stereocenters. The lowest BCUT2D eigenvalue weighted by Crippen LogP contribution is -2.61. The molecular weight excluding hydrogens is 333 g/mol. The molecule has 142 valence electrons. The number of aliphatic carboxylic acids is 1. The number of carboxylic acids is 1. The van der Waals surface area contributed by atoms with Crippen LogP contribution in [0, 0.1) is 17.2 Å². The average molecular weight is 359 g/mol. The molecule has 1 rings (SSSR count). The number of carbonyl (C=O) groups is 2. The number of carbonyl (C=O) groups excluding carboxylic acids is 1. The summed E-state index contributed by atoms with van der Waals surface area (Å²) in [5.74, 6) is -3.52. The summed E-state index contributed by atoms with van der Waals surface area (Å²) in [6.07, 6.45) is -2.97. The van der Waals surface area contributed by atoms with Gasteiger partial charge in [-0.05, 0) is 6.42 Å². The minimum atomic E-state index is -1.54. The lowest BCUT2D eigenvalue weighted by Gasteiger charge is -2.37. The Bertz CT molecular complexity index is 509. The van der Waals surface area contributed by atoms with E-state index in [1.54, 1.807) is 7.98 Å². The minimum Gasteiger partial charge on any atom is -0.481 e. The molecule has 0 aromatic heterocycles. The van der Waals surface area contributed by atoms with E-state index in [2.05, 4.69) is 15.9 Å². The molecule has 0 heterocycles. The maximum Gasteiger partial charge on any atom is 0.308 e. The Morgan fingerprint density at radius 3 is 2.40 bits per heavy atom. The third-order valence-electron chi connectivity index (χ3n) is 4.55. The van der Waals surface area contributed by atoms with E-state index in [4.69, 9.17) is 16.2 Å². The first-order valence-electron chi connectivity index (χ1n) is 7.88. The number of guanidine groups is 1. The molecule has 7 atom stereocenters. The number of nitrogens with one attached hydrogen (secondary N) is 4. The second-order valence-corrected chi connectivity index (χ2v) is 6.20. The summed E-state index contributed by atoms with van der Waals surface area (Å²) in [5, 5.41) is 54.2. The van der Waals surface area contributed by atoms with Gasteiger partial charge in [0, 0.05) is 24.9 Å². The number of aliphatic hydroxyl groups excluding tert-OH is 3. The normalized spacial score (nSPS) is 29.4. The largest absolute Gasteiger partial charge is 0.481 e. The second-order valence-electron chi connectivity index (χ2n) is 6.20. The van der Waals surface area contributed by atoms with E-state index in [1.165, 1.54) is 6.92 Å². The second kappa shape index (κ2) is 8.99. The Kier molecular flexibility index (Phi) is 7.61. The van der Waals surface area contributed by atoms with Crippen LogP contribution in [0.2, 0.25) is 0 Å². The smallest absolute Gasteiger partial charge is 0.308 e. The fourth-order valence-corrected chi connectivity index (χ4v) is 3.56. The molecule has 0 radical (unpaired) electrons. The van der Waals surface area contributed by atoms with Crippen molar-refractivity contribution >= 4 is 25.8 Å². The van der Waals surface area contributed by atoms with Gasteiger partial charge in [-0.25, -0.2) is 0 Å². The molecule has 1 amide bonds. The fourth-order valence-electron chi connectivity index (χ4n) is 3.56. The molecule has 0 bridgehead atoms. The van der Waals surface area contributed by atoms with Crippen molar-refractivity contribution < 1.29 is 30.0 Å². The molecule has 10 N–H and O–H groups in total. The fraction of sp³-hybridized carbons (Fsp3) is 0.769. The van der Waals surface area contributed by atoms with E-state index in [-0.39, 0.29) is 12.4 Å². The number of hydrogen-bond donors (Lipinski definition) is 9. The first-order valence-corrected chi connectivity index (χ1v) is 7.88. The Labute approximate surface area is 145 Å². The number of rotatable bonds is 8. The monoisotopic (exact) mass is 359 g/mol. The predicted molar refractivity (Wildman–Crippen MR) is 90.2 cm³/mol. The predicted octanol–water partition coefficient (Wildman–Crippen LogP) is -4.72. The zero-order chi connectivity index (χ0) is 19.3. The van der Waals surface area contributed by atoms with E-state index < -0.39 is 60.7 Å². The van der Waals surface area contributed by atoms with E-state index in [9.17, 15) is 24.9 Å². The molecule has 11 nitrogen and oxygen atoms in total. The summed E-state index contributed by atoms with van der Waals surface area (Å²) in [6.45, 7) is 0.484. The molecule has 0 aliphatic heterocycles. The summed E-state index contributed by atoms with van der Waals surface area (Å²) >= 11 is 0. The van der Waals surface area contributed by atoms with Crippen molar-refractivity contribution in [1.82, 2.24) is 15.9 Å². The molecule has 0 aromatic rings. The van der Waals surface area contributed by atoms with Crippen LogP contribution in [0.1, 0.15) is 13.3 Å². The molecule has 1 saturated carbocycles. The van der Waals surface area contributed by atoms with E-state index in [0.717, 1.165) is 0 Å². The van der Waals surface area contributed by atoms with Gasteiger partial charge in [0.05, 0.1) is 18.6 Å². The zero-order valence-electron chi connectivity index (χ0n) is 14.1. The van der Waals surface area contributed by atoms with Crippen LogP contribution in [0.4, 0.5) is 0 Å². The van der Waals surface area contributed by atoms with Gasteiger partial charge in [0.15, 0.2) is 13.9 Å². The molecule has 1 aliphatic carbocycles. The number of nitrogens with two attached hydrogens (primary N) is 1. The molecule has 25 heavy (non-hydrogen) atoms. The van der Waals surface area contributed by atoms with E-state index >= 15 is 0 Å². The minimum absolute atomic E-state index is 0.100. The summed E-state index contributed by atoms with van der Waals surface area (Å²) in [4.78, 5) is 23.1. The number of aliphatic hydroxyl groups is 3. The Morgan fingerprint density at radius 1 is 1.40 bits per heavy atom. The van der Waals surface area contributed by atoms with Crippen molar-refractivity contribution in [3.8, 4) is 0 Å².